The number of carbonyl (C=O) groups excluding carboxylic acids is 2. The molecule has 26 heavy (non-hydrogen) atoms. The van der Waals surface area contributed by atoms with Gasteiger partial charge >= 0.3 is 11.8 Å². The molecule has 9 heteroatoms. The highest BCUT2D eigenvalue weighted by Gasteiger charge is 2.19. The van der Waals surface area contributed by atoms with E-state index >= 15 is 0 Å². The summed E-state index contributed by atoms with van der Waals surface area (Å²) in [4.78, 5) is 34.4. The van der Waals surface area contributed by atoms with Crippen molar-refractivity contribution in [3.05, 3.63) is 52.6 Å². The Hall–Kier alpha value is -3.62. The minimum absolute atomic E-state index is 0.0649. The van der Waals surface area contributed by atoms with Gasteiger partial charge < -0.3 is 20.1 Å². The summed E-state index contributed by atoms with van der Waals surface area (Å²) in [6.07, 6.45) is 0. The summed E-state index contributed by atoms with van der Waals surface area (Å²) in [5.41, 5.74) is 0.288. The largest absolute Gasteiger partial charge is 0.494 e. The number of nitrogens with zero attached hydrogens (tertiary/aromatic N) is 1. The van der Waals surface area contributed by atoms with Gasteiger partial charge in [-0.3, -0.25) is 19.7 Å². The number of ether oxygens (including phenoxy) is 2. The number of carbonyl (C=O) groups is 2. The molecule has 0 spiro atoms. The Labute approximate surface area is 149 Å². The molecule has 0 aliphatic carbocycles. The number of nitro groups is 1. The maximum atomic E-state index is 12.1. The molecule has 0 aromatic heterocycles. The molecule has 0 saturated carbocycles. The number of non-ortho nitro benzene ring substituents is 1. The van der Waals surface area contributed by atoms with Crippen LogP contribution in [0.2, 0.25) is 0 Å². The molecule has 0 aliphatic rings. The van der Waals surface area contributed by atoms with Gasteiger partial charge in [0.1, 0.15) is 11.5 Å². The van der Waals surface area contributed by atoms with Crippen LogP contribution in [0.25, 0.3) is 0 Å². The van der Waals surface area contributed by atoms with Crippen LogP contribution >= 0.6 is 0 Å². The van der Waals surface area contributed by atoms with E-state index in [1.54, 1.807) is 31.2 Å². The lowest BCUT2D eigenvalue weighted by atomic mass is 10.2. The smallest absolute Gasteiger partial charge is 0.314 e. The van der Waals surface area contributed by atoms with E-state index < -0.39 is 16.7 Å². The summed E-state index contributed by atoms with van der Waals surface area (Å²) in [6.45, 7) is 2.20. The van der Waals surface area contributed by atoms with E-state index in [0.29, 0.717) is 18.0 Å². The maximum absolute atomic E-state index is 12.1. The molecule has 2 amide bonds. The first-order valence-electron chi connectivity index (χ1n) is 7.62. The molecule has 9 nitrogen and oxygen atoms in total. The molecule has 0 heterocycles. The highest BCUT2D eigenvalue weighted by molar-refractivity contribution is 6.44. The molecule has 0 saturated heterocycles. The van der Waals surface area contributed by atoms with Crippen molar-refractivity contribution in [1.29, 1.82) is 0 Å². The van der Waals surface area contributed by atoms with Gasteiger partial charge in [-0.1, -0.05) is 12.1 Å². The van der Waals surface area contributed by atoms with Gasteiger partial charge in [0.25, 0.3) is 5.69 Å². The molecule has 0 fully saturated rings. The molecule has 2 aromatic carbocycles. The zero-order valence-electron chi connectivity index (χ0n) is 14.1. The second kappa shape index (κ2) is 8.47. The molecule has 0 aliphatic heterocycles. The van der Waals surface area contributed by atoms with Gasteiger partial charge in [0.15, 0.2) is 0 Å². The lowest BCUT2D eigenvalue weighted by Gasteiger charge is -2.12. The topological polar surface area (TPSA) is 120 Å². The van der Waals surface area contributed by atoms with Crippen molar-refractivity contribution < 1.29 is 24.0 Å². The minimum atomic E-state index is -0.955. The summed E-state index contributed by atoms with van der Waals surface area (Å²) in [7, 11) is 1.30. The third kappa shape index (κ3) is 4.47. The monoisotopic (exact) mass is 359 g/mol. The van der Waals surface area contributed by atoms with Gasteiger partial charge in [0.05, 0.1) is 36.1 Å². The predicted octanol–water partition coefficient (Wildman–Crippen LogP) is 2.58. The molecule has 0 bridgehead atoms. The number of benzene rings is 2. The second-order valence-electron chi connectivity index (χ2n) is 4.98. The van der Waals surface area contributed by atoms with E-state index in [9.17, 15) is 19.7 Å². The molecular weight excluding hydrogens is 342 g/mol. The minimum Gasteiger partial charge on any atom is -0.494 e. The van der Waals surface area contributed by atoms with Crippen molar-refractivity contribution in [3.63, 3.8) is 0 Å². The first-order chi connectivity index (χ1) is 12.5. The maximum Gasteiger partial charge on any atom is 0.314 e. The number of methoxy groups -OCH3 is 1. The van der Waals surface area contributed by atoms with Crippen LogP contribution in [0.4, 0.5) is 17.1 Å². The predicted molar refractivity (Wildman–Crippen MR) is 94.5 cm³/mol. The number of hydrogen-bond donors (Lipinski definition) is 2. The fourth-order valence-corrected chi connectivity index (χ4v) is 2.11. The highest BCUT2D eigenvalue weighted by Crippen LogP contribution is 2.29. The molecule has 0 radical (unpaired) electrons. The molecule has 2 rings (SSSR count). The number of para-hydroxylation sites is 2. The summed E-state index contributed by atoms with van der Waals surface area (Å²) in [5, 5.41) is 15.6. The lowest BCUT2D eigenvalue weighted by molar-refractivity contribution is -0.384. The van der Waals surface area contributed by atoms with Crippen molar-refractivity contribution in [3.8, 4) is 11.5 Å². The van der Waals surface area contributed by atoms with Crippen LogP contribution in [0.3, 0.4) is 0 Å². The number of hydrogen-bond acceptors (Lipinski definition) is 6. The molecule has 136 valence electrons. The standard InChI is InChI=1S/C17H17N3O6/c1-3-26-14-7-5-4-6-12(14)18-16(21)17(22)19-13-9-8-11(20(23)24)10-15(13)25-2/h4-10H,3H2,1-2H3,(H,18,21)(H,19,22). The Bertz CT molecular complexity index is 837. The summed E-state index contributed by atoms with van der Waals surface area (Å²) in [6, 6.07) is 10.3. The van der Waals surface area contributed by atoms with Gasteiger partial charge in [0.2, 0.25) is 0 Å². The van der Waals surface area contributed by atoms with Crippen LogP contribution in [-0.4, -0.2) is 30.5 Å². The van der Waals surface area contributed by atoms with Crippen LogP contribution in [0.1, 0.15) is 6.92 Å². The third-order valence-corrected chi connectivity index (χ3v) is 3.29. The quantitative estimate of drug-likeness (QED) is 0.465. The van der Waals surface area contributed by atoms with Crippen LogP contribution in [0, 0.1) is 10.1 Å². The Morgan fingerprint density at radius 3 is 2.23 bits per heavy atom. The van der Waals surface area contributed by atoms with E-state index in [-0.39, 0.29) is 17.1 Å². The Morgan fingerprint density at radius 2 is 1.65 bits per heavy atom. The fourth-order valence-electron chi connectivity index (χ4n) is 2.11. The molecular formula is C17H17N3O6. The van der Waals surface area contributed by atoms with Gasteiger partial charge in [-0.05, 0) is 25.1 Å². The number of nitro benzene ring substituents is 1. The second-order valence-corrected chi connectivity index (χ2v) is 4.98. The molecule has 0 unspecified atom stereocenters. The van der Waals surface area contributed by atoms with Gasteiger partial charge in [-0.15, -0.1) is 0 Å². The fraction of sp³-hybridized carbons (Fsp3) is 0.176. The van der Waals surface area contributed by atoms with E-state index in [4.69, 9.17) is 9.47 Å². The Balaban J connectivity index is 2.13. The van der Waals surface area contributed by atoms with Gasteiger partial charge in [0, 0.05) is 6.07 Å². The average molecular weight is 359 g/mol. The highest BCUT2D eigenvalue weighted by atomic mass is 16.6. The van der Waals surface area contributed by atoms with Crippen LogP contribution in [0.15, 0.2) is 42.5 Å². The zero-order valence-corrected chi connectivity index (χ0v) is 14.1. The molecule has 2 N–H and O–H groups in total. The zero-order chi connectivity index (χ0) is 19.1. The average Bonchev–Trinajstić information content (AvgIpc) is 2.63. The van der Waals surface area contributed by atoms with E-state index in [1.807, 2.05) is 0 Å². The van der Waals surface area contributed by atoms with Crippen LogP contribution < -0.4 is 20.1 Å². The number of anilines is 2. The number of nitrogens with one attached hydrogen (secondary N) is 2. The SMILES string of the molecule is CCOc1ccccc1NC(=O)C(=O)Nc1ccc([N+](=O)[O-])cc1OC. The van der Waals surface area contributed by atoms with Crippen molar-refractivity contribution in [1.82, 2.24) is 0 Å². The normalized spacial score (nSPS) is 9.92. The Kier molecular flexibility index (Phi) is 6.10. The molecule has 0 atom stereocenters. The lowest BCUT2D eigenvalue weighted by Crippen LogP contribution is -2.29. The van der Waals surface area contributed by atoms with Crippen LogP contribution in [-0.2, 0) is 9.59 Å². The van der Waals surface area contributed by atoms with E-state index in [2.05, 4.69) is 10.6 Å². The van der Waals surface area contributed by atoms with Gasteiger partial charge in [-0.2, -0.15) is 0 Å². The first kappa shape index (κ1) is 18.7. The molecule has 2 aromatic rings. The summed E-state index contributed by atoms with van der Waals surface area (Å²) < 4.78 is 10.4. The van der Waals surface area contributed by atoms with E-state index in [1.165, 1.54) is 19.2 Å². The van der Waals surface area contributed by atoms with Gasteiger partial charge in [-0.25, -0.2) is 0 Å². The summed E-state index contributed by atoms with van der Waals surface area (Å²) in [5.74, 6) is -1.37. The van der Waals surface area contributed by atoms with Crippen molar-refractivity contribution in [2.45, 2.75) is 6.92 Å². The summed E-state index contributed by atoms with van der Waals surface area (Å²) >= 11 is 0. The van der Waals surface area contributed by atoms with Crippen molar-refractivity contribution in [2.24, 2.45) is 0 Å². The number of amides is 2. The Morgan fingerprint density at radius 1 is 1.04 bits per heavy atom. The van der Waals surface area contributed by atoms with E-state index in [0.717, 1.165) is 6.07 Å². The van der Waals surface area contributed by atoms with Crippen LogP contribution in [0.5, 0.6) is 11.5 Å². The third-order valence-electron chi connectivity index (χ3n) is 3.29. The number of rotatable bonds is 6. The first-order valence-corrected chi connectivity index (χ1v) is 7.62. The van der Waals surface area contributed by atoms with Crippen molar-refractivity contribution in [2.75, 3.05) is 24.4 Å². The van der Waals surface area contributed by atoms with Crippen molar-refractivity contribution >= 4 is 28.9 Å².